The molecule has 0 radical (unpaired) electrons. The molecular formula is C14H29N3O2S. The maximum atomic E-state index is 12.9. The third-order valence-corrected chi connectivity index (χ3v) is 6.12. The van der Waals surface area contributed by atoms with E-state index in [0.29, 0.717) is 31.5 Å². The molecule has 1 saturated carbocycles. The molecule has 1 unspecified atom stereocenters. The van der Waals surface area contributed by atoms with Crippen LogP contribution in [0.5, 0.6) is 0 Å². The van der Waals surface area contributed by atoms with Crippen molar-refractivity contribution in [1.82, 2.24) is 13.9 Å². The van der Waals surface area contributed by atoms with Crippen molar-refractivity contribution >= 4 is 10.2 Å². The van der Waals surface area contributed by atoms with Gasteiger partial charge in [0.25, 0.3) is 10.2 Å². The highest BCUT2D eigenvalue weighted by Gasteiger charge is 2.41. The SMILES string of the molecule is CNCC1CCCN(S(=O)(=O)N(CC(C)C)C2CC2)C1. The minimum atomic E-state index is -3.27. The summed E-state index contributed by atoms with van der Waals surface area (Å²) in [7, 11) is -1.34. The molecule has 0 spiro atoms. The predicted molar refractivity (Wildman–Crippen MR) is 81.7 cm³/mol. The summed E-state index contributed by atoms with van der Waals surface area (Å²) in [5.74, 6) is 0.826. The van der Waals surface area contributed by atoms with Crippen LogP contribution in [-0.2, 0) is 10.2 Å². The van der Waals surface area contributed by atoms with Gasteiger partial charge in [-0.1, -0.05) is 13.8 Å². The van der Waals surface area contributed by atoms with Crippen LogP contribution in [0, 0.1) is 11.8 Å². The highest BCUT2D eigenvalue weighted by molar-refractivity contribution is 7.86. The Bertz CT molecular complexity index is 405. The van der Waals surface area contributed by atoms with Crippen LogP contribution < -0.4 is 5.32 Å². The first-order valence-corrected chi connectivity index (χ1v) is 9.26. The Morgan fingerprint density at radius 1 is 1.30 bits per heavy atom. The number of rotatable bonds is 7. The Balaban J connectivity index is 2.06. The van der Waals surface area contributed by atoms with Gasteiger partial charge in [0.2, 0.25) is 0 Å². The first-order valence-electron chi connectivity index (χ1n) is 7.86. The summed E-state index contributed by atoms with van der Waals surface area (Å²) in [6.45, 7) is 7.09. The van der Waals surface area contributed by atoms with Gasteiger partial charge in [-0.25, -0.2) is 0 Å². The van der Waals surface area contributed by atoms with Crippen molar-refractivity contribution in [2.75, 3.05) is 33.2 Å². The van der Waals surface area contributed by atoms with E-state index >= 15 is 0 Å². The standard InChI is InChI=1S/C14H29N3O2S/c1-12(2)10-17(14-6-7-14)20(18,19)16-8-4-5-13(11-16)9-15-3/h12-15H,4-11H2,1-3H3. The van der Waals surface area contributed by atoms with E-state index in [2.05, 4.69) is 19.2 Å². The fourth-order valence-corrected chi connectivity index (χ4v) is 5.12. The molecule has 1 aliphatic heterocycles. The highest BCUT2D eigenvalue weighted by atomic mass is 32.2. The maximum absolute atomic E-state index is 12.9. The fraction of sp³-hybridized carbons (Fsp3) is 1.00. The Hall–Kier alpha value is -0.170. The van der Waals surface area contributed by atoms with Gasteiger partial charge in [0.05, 0.1) is 0 Å². The lowest BCUT2D eigenvalue weighted by atomic mass is 10.00. The van der Waals surface area contributed by atoms with E-state index in [9.17, 15) is 8.42 Å². The summed E-state index contributed by atoms with van der Waals surface area (Å²) in [6, 6.07) is 0.257. The lowest BCUT2D eigenvalue weighted by molar-refractivity contribution is 0.237. The first-order chi connectivity index (χ1) is 9.45. The average molecular weight is 303 g/mol. The van der Waals surface area contributed by atoms with Gasteiger partial charge in [-0.2, -0.15) is 17.0 Å². The van der Waals surface area contributed by atoms with E-state index in [1.807, 2.05) is 7.05 Å². The zero-order chi connectivity index (χ0) is 14.8. The lowest BCUT2D eigenvalue weighted by Gasteiger charge is -2.36. The molecule has 0 aromatic carbocycles. The molecule has 1 heterocycles. The van der Waals surface area contributed by atoms with E-state index in [4.69, 9.17) is 0 Å². The zero-order valence-corrected chi connectivity index (χ0v) is 13.8. The second kappa shape index (κ2) is 6.73. The molecule has 0 aromatic rings. The number of hydrogen-bond donors (Lipinski definition) is 1. The third kappa shape index (κ3) is 3.93. The van der Waals surface area contributed by atoms with Crippen molar-refractivity contribution < 1.29 is 8.42 Å². The monoisotopic (exact) mass is 303 g/mol. The van der Waals surface area contributed by atoms with E-state index in [1.165, 1.54) is 0 Å². The van der Waals surface area contributed by atoms with Crippen LogP contribution in [0.1, 0.15) is 39.5 Å². The predicted octanol–water partition coefficient (Wildman–Crippen LogP) is 1.28. The highest BCUT2D eigenvalue weighted by Crippen LogP contribution is 2.32. The van der Waals surface area contributed by atoms with Crippen LogP contribution in [-0.4, -0.2) is 56.3 Å². The molecule has 0 amide bonds. The Labute approximate surface area is 123 Å². The van der Waals surface area contributed by atoms with Gasteiger partial charge in [0, 0.05) is 25.7 Å². The van der Waals surface area contributed by atoms with Gasteiger partial charge < -0.3 is 5.32 Å². The smallest absolute Gasteiger partial charge is 0.282 e. The second-order valence-corrected chi connectivity index (χ2v) is 8.51. The van der Waals surface area contributed by atoms with Crippen LogP contribution in [0.2, 0.25) is 0 Å². The topological polar surface area (TPSA) is 52.7 Å². The van der Waals surface area contributed by atoms with Gasteiger partial charge in [-0.3, -0.25) is 0 Å². The van der Waals surface area contributed by atoms with Crippen LogP contribution >= 0.6 is 0 Å². The molecule has 1 N–H and O–H groups in total. The maximum Gasteiger partial charge on any atom is 0.282 e. The van der Waals surface area contributed by atoms with E-state index in [-0.39, 0.29) is 6.04 Å². The molecule has 5 nitrogen and oxygen atoms in total. The summed E-state index contributed by atoms with van der Waals surface area (Å²) in [5.41, 5.74) is 0. The normalized spacial score (nSPS) is 25.6. The average Bonchev–Trinajstić information content (AvgIpc) is 3.20. The minimum absolute atomic E-state index is 0.257. The van der Waals surface area contributed by atoms with Crippen molar-refractivity contribution in [3.63, 3.8) is 0 Å². The summed E-state index contributed by atoms with van der Waals surface area (Å²) in [5, 5.41) is 3.17. The van der Waals surface area contributed by atoms with E-state index in [1.54, 1.807) is 8.61 Å². The molecule has 0 bridgehead atoms. The summed E-state index contributed by atoms with van der Waals surface area (Å²) in [4.78, 5) is 0. The van der Waals surface area contributed by atoms with Crippen molar-refractivity contribution in [3.8, 4) is 0 Å². The number of nitrogens with one attached hydrogen (secondary N) is 1. The molecule has 0 aromatic heterocycles. The number of piperidine rings is 1. The largest absolute Gasteiger partial charge is 0.319 e. The molecule has 2 rings (SSSR count). The Kier molecular flexibility index (Phi) is 5.45. The van der Waals surface area contributed by atoms with Crippen molar-refractivity contribution in [2.24, 2.45) is 11.8 Å². The molecular weight excluding hydrogens is 274 g/mol. The van der Waals surface area contributed by atoms with E-state index in [0.717, 1.165) is 32.2 Å². The fourth-order valence-electron chi connectivity index (χ4n) is 2.99. The molecule has 118 valence electrons. The summed E-state index contributed by atoms with van der Waals surface area (Å²) < 4.78 is 29.3. The van der Waals surface area contributed by atoms with Crippen molar-refractivity contribution in [3.05, 3.63) is 0 Å². The van der Waals surface area contributed by atoms with Gasteiger partial charge in [-0.05, 0) is 51.1 Å². The molecule has 2 fully saturated rings. The molecule has 20 heavy (non-hydrogen) atoms. The Morgan fingerprint density at radius 3 is 2.55 bits per heavy atom. The summed E-state index contributed by atoms with van der Waals surface area (Å²) >= 11 is 0. The molecule has 1 atom stereocenters. The molecule has 2 aliphatic rings. The number of hydrogen-bond acceptors (Lipinski definition) is 3. The Morgan fingerprint density at radius 2 is 2.00 bits per heavy atom. The van der Waals surface area contributed by atoms with Gasteiger partial charge >= 0.3 is 0 Å². The minimum Gasteiger partial charge on any atom is -0.319 e. The number of nitrogens with zero attached hydrogens (tertiary/aromatic N) is 2. The first kappa shape index (κ1) is 16.2. The van der Waals surface area contributed by atoms with Gasteiger partial charge in [0.15, 0.2) is 0 Å². The van der Waals surface area contributed by atoms with Crippen LogP contribution in [0.25, 0.3) is 0 Å². The van der Waals surface area contributed by atoms with Crippen LogP contribution in [0.4, 0.5) is 0 Å². The van der Waals surface area contributed by atoms with Crippen molar-refractivity contribution in [2.45, 2.75) is 45.6 Å². The van der Waals surface area contributed by atoms with Gasteiger partial charge in [-0.15, -0.1) is 0 Å². The molecule has 1 aliphatic carbocycles. The summed E-state index contributed by atoms with van der Waals surface area (Å²) in [6.07, 6.45) is 4.16. The third-order valence-electron chi connectivity index (χ3n) is 4.10. The second-order valence-electron chi connectivity index (χ2n) is 6.63. The molecule has 1 saturated heterocycles. The quantitative estimate of drug-likeness (QED) is 0.771. The van der Waals surface area contributed by atoms with Crippen LogP contribution in [0.15, 0.2) is 0 Å². The van der Waals surface area contributed by atoms with Crippen LogP contribution in [0.3, 0.4) is 0 Å². The van der Waals surface area contributed by atoms with E-state index < -0.39 is 10.2 Å². The lowest BCUT2D eigenvalue weighted by Crippen LogP contribution is -2.50. The van der Waals surface area contributed by atoms with Gasteiger partial charge in [0.1, 0.15) is 0 Å². The zero-order valence-electron chi connectivity index (χ0n) is 13.0. The molecule has 6 heteroatoms. The van der Waals surface area contributed by atoms with Crippen molar-refractivity contribution in [1.29, 1.82) is 0 Å².